The van der Waals surface area contributed by atoms with Crippen molar-refractivity contribution in [1.29, 1.82) is 0 Å². The second-order valence-corrected chi connectivity index (χ2v) is 6.12. The number of benzene rings is 1. The number of rotatable bonds is 4. The second kappa shape index (κ2) is 5.74. The molecule has 0 saturated carbocycles. The molecule has 8 heteroatoms. The average molecular weight is 316 g/mol. The third kappa shape index (κ3) is 3.24. The maximum absolute atomic E-state index is 13.8. The molecular formula is C12H11ClFN3O2S. The van der Waals surface area contributed by atoms with Gasteiger partial charge in [-0.2, -0.15) is 0 Å². The quantitative estimate of drug-likeness (QED) is 0.844. The SMILES string of the molecule is Nc1cc(Cl)cc(S(=O)(=O)NCc2ccccn2)c1F. The van der Waals surface area contributed by atoms with Crippen molar-refractivity contribution in [3.05, 3.63) is 53.1 Å². The summed E-state index contributed by atoms with van der Waals surface area (Å²) >= 11 is 5.69. The smallest absolute Gasteiger partial charge is 0.243 e. The van der Waals surface area contributed by atoms with E-state index >= 15 is 0 Å². The molecule has 3 N–H and O–H groups in total. The third-order valence-electron chi connectivity index (χ3n) is 2.49. The summed E-state index contributed by atoms with van der Waals surface area (Å²) < 4.78 is 40.1. The van der Waals surface area contributed by atoms with E-state index in [1.165, 1.54) is 6.20 Å². The molecule has 0 saturated heterocycles. The molecule has 0 amide bonds. The van der Waals surface area contributed by atoms with E-state index < -0.39 is 20.7 Å². The minimum Gasteiger partial charge on any atom is -0.396 e. The molecule has 1 aromatic carbocycles. The first kappa shape index (κ1) is 14.7. The monoisotopic (exact) mass is 315 g/mol. The summed E-state index contributed by atoms with van der Waals surface area (Å²) in [7, 11) is -4.06. The molecule has 0 spiro atoms. The van der Waals surface area contributed by atoms with Crippen molar-refractivity contribution in [3.8, 4) is 0 Å². The Labute approximate surface area is 120 Å². The van der Waals surface area contributed by atoms with Crippen molar-refractivity contribution in [3.63, 3.8) is 0 Å². The maximum Gasteiger partial charge on any atom is 0.243 e. The zero-order chi connectivity index (χ0) is 14.8. The predicted octanol–water partition coefficient (Wildman–Crippen LogP) is 1.93. The van der Waals surface area contributed by atoms with Crippen LogP contribution in [-0.4, -0.2) is 13.4 Å². The number of nitrogens with one attached hydrogen (secondary N) is 1. The summed E-state index contributed by atoms with van der Waals surface area (Å²) in [4.78, 5) is 3.38. The fourth-order valence-corrected chi connectivity index (χ4v) is 2.95. The number of hydrogen-bond acceptors (Lipinski definition) is 4. The molecule has 0 unspecified atom stereocenters. The number of nitrogen functional groups attached to an aromatic ring is 1. The Morgan fingerprint density at radius 1 is 1.35 bits per heavy atom. The zero-order valence-electron chi connectivity index (χ0n) is 10.2. The van der Waals surface area contributed by atoms with Gasteiger partial charge in [-0.05, 0) is 24.3 Å². The Morgan fingerprint density at radius 2 is 2.10 bits per heavy atom. The highest BCUT2D eigenvalue weighted by Crippen LogP contribution is 2.25. The number of nitrogens with zero attached hydrogens (tertiary/aromatic N) is 1. The van der Waals surface area contributed by atoms with E-state index in [1.807, 2.05) is 0 Å². The first-order chi connectivity index (χ1) is 9.40. The van der Waals surface area contributed by atoms with Crippen LogP contribution in [0.5, 0.6) is 0 Å². The van der Waals surface area contributed by atoms with Crippen LogP contribution in [0.1, 0.15) is 5.69 Å². The fourth-order valence-electron chi connectivity index (χ4n) is 1.53. The number of halogens is 2. The van der Waals surface area contributed by atoms with Gasteiger partial charge in [0.25, 0.3) is 0 Å². The Hall–Kier alpha value is -1.70. The van der Waals surface area contributed by atoms with Crippen molar-refractivity contribution in [1.82, 2.24) is 9.71 Å². The Bertz CT molecular complexity index is 723. The van der Waals surface area contributed by atoms with Crippen LogP contribution in [0.4, 0.5) is 10.1 Å². The molecule has 0 fully saturated rings. The van der Waals surface area contributed by atoms with Crippen LogP contribution in [0, 0.1) is 5.82 Å². The van der Waals surface area contributed by atoms with E-state index in [4.69, 9.17) is 17.3 Å². The highest BCUT2D eigenvalue weighted by molar-refractivity contribution is 7.89. The molecule has 2 rings (SSSR count). The largest absolute Gasteiger partial charge is 0.396 e. The lowest BCUT2D eigenvalue weighted by atomic mass is 10.3. The molecular weight excluding hydrogens is 305 g/mol. The Kier molecular flexibility index (Phi) is 4.22. The lowest BCUT2D eigenvalue weighted by Crippen LogP contribution is -2.25. The molecule has 0 radical (unpaired) electrons. The van der Waals surface area contributed by atoms with Gasteiger partial charge in [0, 0.05) is 11.2 Å². The minimum absolute atomic E-state index is 0.0436. The molecule has 0 aliphatic rings. The van der Waals surface area contributed by atoms with Crippen LogP contribution in [0.15, 0.2) is 41.4 Å². The fraction of sp³-hybridized carbons (Fsp3) is 0.0833. The number of pyridine rings is 1. The lowest BCUT2D eigenvalue weighted by molar-refractivity contribution is 0.558. The van der Waals surface area contributed by atoms with Gasteiger partial charge in [-0.25, -0.2) is 17.5 Å². The number of anilines is 1. The number of aromatic nitrogens is 1. The Morgan fingerprint density at radius 3 is 2.75 bits per heavy atom. The van der Waals surface area contributed by atoms with E-state index in [9.17, 15) is 12.8 Å². The van der Waals surface area contributed by atoms with Gasteiger partial charge >= 0.3 is 0 Å². The van der Waals surface area contributed by atoms with E-state index in [0.29, 0.717) is 5.69 Å². The molecule has 1 aromatic heterocycles. The predicted molar refractivity (Wildman–Crippen MR) is 74.1 cm³/mol. The third-order valence-corrected chi connectivity index (χ3v) is 4.11. The van der Waals surface area contributed by atoms with Crippen LogP contribution in [0.2, 0.25) is 5.02 Å². The van der Waals surface area contributed by atoms with Gasteiger partial charge in [0.05, 0.1) is 17.9 Å². The molecule has 1 heterocycles. The van der Waals surface area contributed by atoms with Gasteiger partial charge < -0.3 is 5.73 Å². The van der Waals surface area contributed by atoms with Gasteiger partial charge in [0.2, 0.25) is 10.0 Å². The average Bonchev–Trinajstić information content (AvgIpc) is 2.42. The van der Waals surface area contributed by atoms with Crippen molar-refractivity contribution in [2.24, 2.45) is 0 Å². The summed E-state index contributed by atoms with van der Waals surface area (Å²) in [6.45, 7) is -0.0605. The topological polar surface area (TPSA) is 85.1 Å². The van der Waals surface area contributed by atoms with Crippen molar-refractivity contribution >= 4 is 27.3 Å². The molecule has 0 bridgehead atoms. The lowest BCUT2D eigenvalue weighted by Gasteiger charge is -2.09. The van der Waals surface area contributed by atoms with Gasteiger partial charge in [-0.1, -0.05) is 17.7 Å². The first-order valence-corrected chi connectivity index (χ1v) is 7.40. The van der Waals surface area contributed by atoms with Gasteiger partial charge in [-0.15, -0.1) is 0 Å². The molecule has 20 heavy (non-hydrogen) atoms. The standard InChI is InChI=1S/C12H11ClFN3O2S/c13-8-5-10(15)12(14)11(6-8)20(18,19)17-7-9-3-1-2-4-16-9/h1-6,17H,7,15H2. The normalized spacial score (nSPS) is 11.5. The summed E-state index contributed by atoms with van der Waals surface area (Å²) in [6.07, 6.45) is 1.53. The van der Waals surface area contributed by atoms with E-state index in [-0.39, 0.29) is 17.3 Å². The van der Waals surface area contributed by atoms with Crippen LogP contribution in [0.25, 0.3) is 0 Å². The molecule has 0 aliphatic heterocycles. The highest BCUT2D eigenvalue weighted by atomic mass is 35.5. The molecule has 2 aromatic rings. The van der Waals surface area contributed by atoms with Gasteiger partial charge in [-0.3, -0.25) is 4.98 Å². The van der Waals surface area contributed by atoms with Crippen LogP contribution in [0.3, 0.4) is 0 Å². The van der Waals surface area contributed by atoms with E-state index in [1.54, 1.807) is 18.2 Å². The number of nitrogens with two attached hydrogens (primary N) is 1. The summed E-state index contributed by atoms with van der Waals surface area (Å²) in [5.74, 6) is -1.03. The van der Waals surface area contributed by atoms with Gasteiger partial charge in [0.1, 0.15) is 4.90 Å². The van der Waals surface area contributed by atoms with Crippen LogP contribution in [-0.2, 0) is 16.6 Å². The van der Waals surface area contributed by atoms with Gasteiger partial charge in [0.15, 0.2) is 5.82 Å². The Balaban J connectivity index is 2.27. The van der Waals surface area contributed by atoms with E-state index in [0.717, 1.165) is 12.1 Å². The maximum atomic E-state index is 13.8. The molecule has 106 valence electrons. The number of hydrogen-bond donors (Lipinski definition) is 2. The van der Waals surface area contributed by atoms with Crippen molar-refractivity contribution < 1.29 is 12.8 Å². The van der Waals surface area contributed by atoms with Crippen LogP contribution >= 0.6 is 11.6 Å². The van der Waals surface area contributed by atoms with Crippen LogP contribution < -0.4 is 10.5 Å². The first-order valence-electron chi connectivity index (χ1n) is 5.54. The molecule has 0 aliphatic carbocycles. The van der Waals surface area contributed by atoms with Crippen molar-refractivity contribution in [2.75, 3.05) is 5.73 Å². The van der Waals surface area contributed by atoms with E-state index in [2.05, 4.69) is 9.71 Å². The zero-order valence-corrected chi connectivity index (χ0v) is 11.7. The molecule has 0 atom stereocenters. The second-order valence-electron chi connectivity index (χ2n) is 3.95. The minimum atomic E-state index is -4.06. The number of sulfonamides is 1. The summed E-state index contributed by atoms with van der Waals surface area (Å²) in [6, 6.07) is 7.22. The highest BCUT2D eigenvalue weighted by Gasteiger charge is 2.21. The van der Waals surface area contributed by atoms with Crippen molar-refractivity contribution in [2.45, 2.75) is 11.4 Å². The molecule has 5 nitrogen and oxygen atoms in total. The summed E-state index contributed by atoms with van der Waals surface area (Å²) in [5, 5.41) is 0.0436. The summed E-state index contributed by atoms with van der Waals surface area (Å²) in [5.41, 5.74) is 5.54.